The molecule has 0 aromatic carbocycles. The van der Waals surface area contributed by atoms with Crippen LogP contribution in [0, 0.1) is 6.92 Å². The smallest absolute Gasteiger partial charge is 0.263 e. The zero-order valence-electron chi connectivity index (χ0n) is 18.9. The van der Waals surface area contributed by atoms with Gasteiger partial charge in [0.1, 0.15) is 21.0 Å². The predicted octanol–water partition coefficient (Wildman–Crippen LogP) is 2.83. The second-order valence-electron chi connectivity index (χ2n) is 8.19. The topological polar surface area (TPSA) is 123 Å². The largest absolute Gasteiger partial charge is 0.396 e. The number of hydrogen-bond acceptors (Lipinski definition) is 8. The highest BCUT2D eigenvalue weighted by atomic mass is 32.1. The van der Waals surface area contributed by atoms with Crippen LogP contribution in [0.15, 0.2) is 18.3 Å². The lowest BCUT2D eigenvalue weighted by Gasteiger charge is -2.26. The number of thiophene rings is 1. The molecule has 2 atom stereocenters. The van der Waals surface area contributed by atoms with Crippen molar-refractivity contribution in [3.05, 3.63) is 40.2 Å². The number of aromatic nitrogens is 3. The molecule has 32 heavy (non-hydrogen) atoms. The van der Waals surface area contributed by atoms with Crippen molar-refractivity contribution >= 4 is 39.1 Å². The first-order chi connectivity index (χ1) is 15.5. The number of nitrogen functional groups attached to an aromatic ring is 1. The van der Waals surface area contributed by atoms with E-state index in [0.29, 0.717) is 20.9 Å². The van der Waals surface area contributed by atoms with Crippen molar-refractivity contribution in [2.75, 3.05) is 23.7 Å². The fourth-order valence-corrected chi connectivity index (χ4v) is 5.28. The van der Waals surface area contributed by atoms with E-state index in [1.54, 1.807) is 6.20 Å². The van der Waals surface area contributed by atoms with Gasteiger partial charge in [-0.25, -0.2) is 15.0 Å². The molecule has 1 fully saturated rings. The molecule has 4 heterocycles. The van der Waals surface area contributed by atoms with Crippen LogP contribution < -0.4 is 21.7 Å². The van der Waals surface area contributed by atoms with Crippen molar-refractivity contribution in [2.24, 2.45) is 5.73 Å². The van der Waals surface area contributed by atoms with Gasteiger partial charge in [0.25, 0.3) is 5.91 Å². The van der Waals surface area contributed by atoms with E-state index in [-0.39, 0.29) is 18.0 Å². The van der Waals surface area contributed by atoms with Crippen molar-refractivity contribution in [2.45, 2.75) is 58.5 Å². The summed E-state index contributed by atoms with van der Waals surface area (Å²) in [6.07, 6.45) is 5.15. The zero-order chi connectivity index (χ0) is 22.8. The molecule has 1 amide bonds. The summed E-state index contributed by atoms with van der Waals surface area (Å²) in [5.41, 5.74) is 16.4. The Kier molecular flexibility index (Phi) is 6.57. The van der Waals surface area contributed by atoms with Crippen LogP contribution in [-0.4, -0.2) is 46.0 Å². The first kappa shape index (κ1) is 22.4. The molecule has 1 aliphatic heterocycles. The number of rotatable bonds is 3. The monoisotopic (exact) mass is 453 g/mol. The fraction of sp³-hybridized carbons (Fsp3) is 0.478. The molecular formula is C23H31N7OS. The number of amides is 1. The molecular weight excluding hydrogens is 422 g/mol. The van der Waals surface area contributed by atoms with E-state index in [1.165, 1.54) is 16.9 Å². The summed E-state index contributed by atoms with van der Waals surface area (Å²) in [4.78, 5) is 30.0. The molecule has 1 aliphatic carbocycles. The normalized spacial score (nSPS) is 19.9. The quantitative estimate of drug-likeness (QED) is 0.557. The zero-order valence-corrected chi connectivity index (χ0v) is 19.7. The number of nitrogens with zero attached hydrogens (tertiary/aromatic N) is 4. The van der Waals surface area contributed by atoms with E-state index in [4.69, 9.17) is 16.5 Å². The highest BCUT2D eigenvalue weighted by molar-refractivity contribution is 7.21. The summed E-state index contributed by atoms with van der Waals surface area (Å²) in [7, 11) is 0. The highest BCUT2D eigenvalue weighted by Gasteiger charge is 2.26. The molecule has 1 saturated heterocycles. The lowest BCUT2D eigenvalue weighted by molar-refractivity contribution is 0.0938. The minimum atomic E-state index is -0.154. The fourth-order valence-electron chi connectivity index (χ4n) is 4.28. The van der Waals surface area contributed by atoms with Crippen LogP contribution in [0.5, 0.6) is 0 Å². The van der Waals surface area contributed by atoms with Crippen LogP contribution >= 0.6 is 11.3 Å². The Bertz CT molecular complexity index is 1130. The van der Waals surface area contributed by atoms with Crippen molar-refractivity contribution in [1.82, 2.24) is 20.3 Å². The molecule has 2 aliphatic rings. The molecule has 3 aromatic rings. The van der Waals surface area contributed by atoms with E-state index in [1.807, 2.05) is 20.8 Å². The Morgan fingerprint density at radius 3 is 2.81 bits per heavy atom. The van der Waals surface area contributed by atoms with E-state index in [2.05, 4.69) is 32.3 Å². The van der Waals surface area contributed by atoms with Crippen molar-refractivity contribution < 1.29 is 4.79 Å². The van der Waals surface area contributed by atoms with Gasteiger partial charge in [0, 0.05) is 37.1 Å². The van der Waals surface area contributed by atoms with Gasteiger partial charge in [-0.2, -0.15) is 0 Å². The maximum Gasteiger partial charge on any atom is 0.263 e. The van der Waals surface area contributed by atoms with E-state index >= 15 is 0 Å². The number of aryl methyl sites for hydroxylation is 2. The Labute approximate surface area is 192 Å². The Hall–Kier alpha value is -2.78. The van der Waals surface area contributed by atoms with Crippen molar-refractivity contribution in [3.8, 4) is 0 Å². The van der Waals surface area contributed by atoms with Gasteiger partial charge < -0.3 is 21.7 Å². The summed E-state index contributed by atoms with van der Waals surface area (Å²) in [5, 5.41) is 3.15. The van der Waals surface area contributed by atoms with Gasteiger partial charge in [-0.1, -0.05) is 19.9 Å². The lowest BCUT2D eigenvalue weighted by Crippen LogP contribution is -2.39. The van der Waals surface area contributed by atoms with E-state index < -0.39 is 0 Å². The third-order valence-electron chi connectivity index (χ3n) is 5.90. The standard InChI is InChI=1S/C21H25N7OS.C2H6/c1-11-9-24-18-17(23)19(30-21(18)25-11)20(29)26-14-3-4-15-12(8-14)2-5-16(27-15)28-7-6-13(22)10-28;1-2/h2,5,9,13-14H,3-4,6-8,10,22-23H2,1H3,(H,26,29);1-2H3. The third kappa shape index (κ3) is 4.40. The summed E-state index contributed by atoms with van der Waals surface area (Å²) < 4.78 is 0. The van der Waals surface area contributed by atoms with Crippen LogP contribution in [0.3, 0.4) is 0 Å². The number of hydrogen-bond donors (Lipinski definition) is 3. The van der Waals surface area contributed by atoms with Gasteiger partial charge in [0.15, 0.2) is 0 Å². The molecule has 5 rings (SSSR count). The number of anilines is 2. The van der Waals surface area contributed by atoms with Gasteiger partial charge in [-0.3, -0.25) is 4.79 Å². The summed E-state index contributed by atoms with van der Waals surface area (Å²) in [6, 6.07) is 4.51. The number of carbonyl (C=O) groups excluding carboxylic acids is 1. The molecule has 0 radical (unpaired) electrons. The molecule has 170 valence electrons. The van der Waals surface area contributed by atoms with Gasteiger partial charge in [-0.15, -0.1) is 11.3 Å². The Balaban J connectivity index is 0.00000119. The van der Waals surface area contributed by atoms with Gasteiger partial charge >= 0.3 is 0 Å². The number of pyridine rings is 1. The summed E-state index contributed by atoms with van der Waals surface area (Å²) in [6.45, 7) is 7.70. The Morgan fingerprint density at radius 1 is 1.25 bits per heavy atom. The number of nitrogens with two attached hydrogens (primary N) is 2. The van der Waals surface area contributed by atoms with Crippen LogP contribution in [0.2, 0.25) is 0 Å². The minimum Gasteiger partial charge on any atom is -0.396 e. The summed E-state index contributed by atoms with van der Waals surface area (Å²) >= 11 is 1.30. The van der Waals surface area contributed by atoms with E-state index in [9.17, 15) is 4.79 Å². The van der Waals surface area contributed by atoms with Crippen molar-refractivity contribution in [3.63, 3.8) is 0 Å². The molecule has 8 nitrogen and oxygen atoms in total. The van der Waals surface area contributed by atoms with Gasteiger partial charge in [-0.05, 0) is 44.2 Å². The second-order valence-corrected chi connectivity index (χ2v) is 9.19. The minimum absolute atomic E-state index is 0.0603. The maximum atomic E-state index is 12.9. The van der Waals surface area contributed by atoms with Crippen LogP contribution in [0.1, 0.15) is 53.3 Å². The molecule has 0 saturated carbocycles. The molecule has 3 aromatic heterocycles. The molecule has 0 bridgehead atoms. The molecule has 9 heteroatoms. The maximum absolute atomic E-state index is 12.9. The predicted molar refractivity (Wildman–Crippen MR) is 130 cm³/mol. The number of carbonyl (C=O) groups is 1. The average molecular weight is 454 g/mol. The highest BCUT2D eigenvalue weighted by Crippen LogP contribution is 2.31. The second kappa shape index (κ2) is 9.38. The SMILES string of the molecule is CC.Cc1cnc2c(N)c(C(=O)NC3CCc4nc(N5CCC(N)C5)ccc4C3)sc2n1. The number of fused-ring (bicyclic) bond motifs is 2. The van der Waals surface area contributed by atoms with E-state index in [0.717, 1.165) is 56.0 Å². The van der Waals surface area contributed by atoms with Crippen LogP contribution in [-0.2, 0) is 12.8 Å². The summed E-state index contributed by atoms with van der Waals surface area (Å²) in [5.74, 6) is 0.858. The average Bonchev–Trinajstić information content (AvgIpc) is 3.38. The molecule has 0 spiro atoms. The molecule has 2 unspecified atom stereocenters. The van der Waals surface area contributed by atoms with Crippen LogP contribution in [0.25, 0.3) is 10.3 Å². The van der Waals surface area contributed by atoms with Gasteiger partial charge in [0.05, 0.1) is 11.4 Å². The van der Waals surface area contributed by atoms with Crippen LogP contribution in [0.4, 0.5) is 11.5 Å². The third-order valence-corrected chi connectivity index (χ3v) is 6.99. The lowest BCUT2D eigenvalue weighted by atomic mass is 9.91. The first-order valence-electron chi connectivity index (χ1n) is 11.3. The van der Waals surface area contributed by atoms with Crippen molar-refractivity contribution in [1.29, 1.82) is 0 Å². The first-order valence-corrected chi connectivity index (χ1v) is 12.1. The molecule has 5 N–H and O–H groups in total. The Morgan fingerprint density at radius 2 is 2.06 bits per heavy atom. The van der Waals surface area contributed by atoms with Gasteiger partial charge in [0.2, 0.25) is 0 Å². The number of nitrogens with one attached hydrogen (secondary N) is 1.